The van der Waals surface area contributed by atoms with E-state index in [1.54, 1.807) is 25.2 Å². The number of esters is 1. The second-order valence-electron chi connectivity index (χ2n) is 6.75. The summed E-state index contributed by atoms with van der Waals surface area (Å²) < 4.78 is 5.32. The van der Waals surface area contributed by atoms with Gasteiger partial charge in [0, 0.05) is 32.7 Å². The van der Waals surface area contributed by atoms with E-state index in [2.05, 4.69) is 0 Å². The Hall–Kier alpha value is -3.15. The molecule has 0 unspecified atom stereocenters. The van der Waals surface area contributed by atoms with Crippen molar-refractivity contribution in [3.8, 4) is 6.07 Å². The highest BCUT2D eigenvalue weighted by Crippen LogP contribution is 2.31. The molecule has 150 valence electrons. The summed E-state index contributed by atoms with van der Waals surface area (Å²) in [5.74, 6) is -1.13. The van der Waals surface area contributed by atoms with Crippen molar-refractivity contribution in [2.24, 2.45) is 5.92 Å². The summed E-state index contributed by atoms with van der Waals surface area (Å²) in [6, 6.07) is 8.50. The third kappa shape index (κ3) is 5.19. The third-order valence-electron chi connectivity index (χ3n) is 4.82. The fourth-order valence-corrected chi connectivity index (χ4v) is 3.20. The molecular weight excluding hydrogens is 364 g/mol. The number of amides is 1. The Bertz CT molecular complexity index is 768. The highest BCUT2D eigenvalue weighted by atomic mass is 16.6. The van der Waals surface area contributed by atoms with E-state index in [4.69, 9.17) is 10.00 Å². The summed E-state index contributed by atoms with van der Waals surface area (Å²) in [5, 5.41) is 19.8. The zero-order valence-corrected chi connectivity index (χ0v) is 16.0. The Balaban J connectivity index is 1.89. The first kappa shape index (κ1) is 21.2. The summed E-state index contributed by atoms with van der Waals surface area (Å²) in [5.41, 5.74) is 0.588. The number of nitro groups is 1. The molecule has 1 saturated heterocycles. The lowest BCUT2D eigenvalue weighted by Gasteiger charge is -2.32. The minimum Gasteiger partial charge on any atom is -0.452 e. The van der Waals surface area contributed by atoms with Gasteiger partial charge in [-0.3, -0.25) is 19.7 Å². The molecule has 0 bridgehead atoms. The summed E-state index contributed by atoms with van der Waals surface area (Å²) in [6.45, 7) is 2.79. The molecule has 1 heterocycles. The summed E-state index contributed by atoms with van der Waals surface area (Å²) in [4.78, 5) is 38.6. The minimum atomic E-state index is -0.913. The van der Waals surface area contributed by atoms with E-state index in [9.17, 15) is 19.7 Å². The molecule has 1 atom stereocenters. The summed E-state index contributed by atoms with van der Waals surface area (Å²) in [7, 11) is 1.56. The van der Waals surface area contributed by atoms with Gasteiger partial charge in [-0.05, 0) is 25.8 Å². The Morgan fingerprint density at radius 1 is 1.39 bits per heavy atom. The molecule has 1 amide bonds. The quantitative estimate of drug-likeness (QED) is 0.399. The van der Waals surface area contributed by atoms with Crippen molar-refractivity contribution in [3.63, 3.8) is 0 Å². The van der Waals surface area contributed by atoms with E-state index in [0.29, 0.717) is 31.6 Å². The van der Waals surface area contributed by atoms with Crippen LogP contribution in [0.3, 0.4) is 0 Å². The van der Waals surface area contributed by atoms with Gasteiger partial charge in [0.15, 0.2) is 6.10 Å². The number of likely N-dealkylation sites (N-methyl/N-ethyl adjacent to an activating group) is 1. The number of nitro benzene ring substituents is 1. The number of rotatable bonds is 7. The maximum absolute atomic E-state index is 12.4. The van der Waals surface area contributed by atoms with Gasteiger partial charge in [-0.15, -0.1) is 0 Å². The fraction of sp³-hybridized carbons (Fsp3) is 0.526. The average Bonchev–Trinajstić information content (AvgIpc) is 2.71. The van der Waals surface area contributed by atoms with E-state index >= 15 is 0 Å². The molecule has 2 rings (SSSR count). The maximum Gasteiger partial charge on any atom is 0.309 e. The van der Waals surface area contributed by atoms with Gasteiger partial charge in [0.05, 0.1) is 23.3 Å². The topological polar surface area (TPSA) is 117 Å². The van der Waals surface area contributed by atoms with Crippen molar-refractivity contribution < 1.29 is 19.2 Å². The van der Waals surface area contributed by atoms with Crippen LogP contribution in [0.4, 0.5) is 11.4 Å². The first-order chi connectivity index (χ1) is 13.3. The Morgan fingerprint density at radius 2 is 2.04 bits per heavy atom. The van der Waals surface area contributed by atoms with Crippen LogP contribution >= 0.6 is 0 Å². The number of anilines is 1. The van der Waals surface area contributed by atoms with Gasteiger partial charge in [-0.2, -0.15) is 5.26 Å². The highest BCUT2D eigenvalue weighted by Gasteiger charge is 2.31. The molecule has 1 aliphatic heterocycles. The average molecular weight is 388 g/mol. The number of nitrogens with zero attached hydrogens (tertiary/aromatic N) is 4. The van der Waals surface area contributed by atoms with Crippen molar-refractivity contribution in [2.75, 3.05) is 31.6 Å². The summed E-state index contributed by atoms with van der Waals surface area (Å²) in [6.07, 6.45) is 0.295. The van der Waals surface area contributed by atoms with Crippen LogP contribution in [-0.2, 0) is 14.3 Å². The van der Waals surface area contributed by atoms with E-state index in [0.717, 1.165) is 0 Å². The second kappa shape index (κ2) is 9.69. The van der Waals surface area contributed by atoms with Crippen molar-refractivity contribution in [1.29, 1.82) is 5.26 Å². The number of ether oxygens (including phenoxy) is 1. The molecule has 9 heteroatoms. The first-order valence-corrected chi connectivity index (χ1v) is 9.16. The van der Waals surface area contributed by atoms with Crippen LogP contribution in [0.15, 0.2) is 24.3 Å². The van der Waals surface area contributed by atoms with Gasteiger partial charge >= 0.3 is 5.97 Å². The maximum atomic E-state index is 12.4. The van der Waals surface area contributed by atoms with Gasteiger partial charge in [0.1, 0.15) is 5.69 Å². The smallest absolute Gasteiger partial charge is 0.309 e. The Kier molecular flexibility index (Phi) is 7.32. The van der Waals surface area contributed by atoms with Gasteiger partial charge in [0.2, 0.25) is 0 Å². The molecule has 1 fully saturated rings. The Morgan fingerprint density at radius 3 is 2.64 bits per heavy atom. The minimum absolute atomic E-state index is 0.0446. The Labute approximate surface area is 163 Å². The van der Waals surface area contributed by atoms with Crippen LogP contribution in [0.5, 0.6) is 0 Å². The lowest BCUT2D eigenvalue weighted by Crippen LogP contribution is -2.41. The predicted molar refractivity (Wildman–Crippen MR) is 101 cm³/mol. The van der Waals surface area contributed by atoms with E-state index in [1.807, 2.05) is 11.0 Å². The molecule has 0 spiro atoms. The van der Waals surface area contributed by atoms with E-state index in [1.165, 1.54) is 17.9 Å². The van der Waals surface area contributed by atoms with Crippen LogP contribution in [0.2, 0.25) is 0 Å². The second-order valence-corrected chi connectivity index (χ2v) is 6.75. The number of hydrogen-bond donors (Lipinski definition) is 0. The molecular formula is C19H24N4O5. The van der Waals surface area contributed by atoms with Gasteiger partial charge in [-0.25, -0.2) is 0 Å². The standard InChI is InChI=1S/C19H24N4O5/c1-14(18(24)21(2)11-5-10-20)28-19(25)15-8-12-22(13-9-15)16-6-3-4-7-17(16)23(26)27/h3-4,6-7,14-15H,5,8-9,11-13H2,1-2H3/t14-/m0/s1. The third-order valence-corrected chi connectivity index (χ3v) is 4.82. The number of hydrogen-bond acceptors (Lipinski definition) is 7. The van der Waals surface area contributed by atoms with Crippen molar-refractivity contribution >= 4 is 23.3 Å². The SMILES string of the molecule is C[C@H](OC(=O)C1CCN(c2ccccc2[N+](=O)[O-])CC1)C(=O)N(C)CCC#N. The monoisotopic (exact) mass is 388 g/mol. The largest absolute Gasteiger partial charge is 0.452 e. The predicted octanol–water partition coefficient (Wildman–Crippen LogP) is 2.11. The number of piperidine rings is 1. The lowest BCUT2D eigenvalue weighted by atomic mass is 9.96. The van der Waals surface area contributed by atoms with Crippen molar-refractivity contribution in [2.45, 2.75) is 32.3 Å². The molecule has 9 nitrogen and oxygen atoms in total. The first-order valence-electron chi connectivity index (χ1n) is 9.16. The molecule has 0 aliphatic carbocycles. The molecule has 0 N–H and O–H groups in total. The van der Waals surface area contributed by atoms with Crippen molar-refractivity contribution in [3.05, 3.63) is 34.4 Å². The van der Waals surface area contributed by atoms with Crippen LogP contribution in [-0.4, -0.2) is 54.5 Å². The molecule has 0 saturated carbocycles. The fourth-order valence-electron chi connectivity index (χ4n) is 3.20. The van der Waals surface area contributed by atoms with Crippen LogP contribution in [0.25, 0.3) is 0 Å². The molecule has 1 aromatic carbocycles. The summed E-state index contributed by atoms with van der Waals surface area (Å²) >= 11 is 0. The van der Waals surface area contributed by atoms with Gasteiger partial charge in [-0.1, -0.05) is 12.1 Å². The number of para-hydroxylation sites is 2. The van der Waals surface area contributed by atoms with E-state index < -0.39 is 17.0 Å². The molecule has 1 aromatic rings. The lowest BCUT2D eigenvalue weighted by molar-refractivity contribution is -0.384. The van der Waals surface area contributed by atoms with E-state index in [-0.39, 0.29) is 30.5 Å². The molecule has 1 aliphatic rings. The highest BCUT2D eigenvalue weighted by molar-refractivity contribution is 5.84. The van der Waals surface area contributed by atoms with Crippen molar-refractivity contribution in [1.82, 2.24) is 4.90 Å². The molecule has 0 aromatic heterocycles. The normalized spacial score (nSPS) is 15.4. The van der Waals surface area contributed by atoms with Crippen LogP contribution < -0.4 is 4.90 Å². The number of benzene rings is 1. The zero-order chi connectivity index (χ0) is 20.7. The van der Waals surface area contributed by atoms with Gasteiger partial charge in [0.25, 0.3) is 11.6 Å². The zero-order valence-electron chi connectivity index (χ0n) is 16.0. The number of nitriles is 1. The van der Waals surface area contributed by atoms with Crippen LogP contribution in [0.1, 0.15) is 26.2 Å². The molecule has 28 heavy (non-hydrogen) atoms. The van der Waals surface area contributed by atoms with Gasteiger partial charge < -0.3 is 14.5 Å². The number of carbonyl (C=O) groups excluding carboxylic acids is 2. The number of carbonyl (C=O) groups is 2. The van der Waals surface area contributed by atoms with Crippen LogP contribution in [0, 0.1) is 27.4 Å². The molecule has 0 radical (unpaired) electrons.